The fraction of sp³-hybridized carbons (Fsp3) is 0.188. The first-order chi connectivity index (χ1) is 9.72. The maximum Gasteiger partial charge on any atom is 0.167 e. The molecular weight excluding hydrogens is 259 g/mol. The van der Waals surface area contributed by atoms with E-state index >= 15 is 0 Å². The van der Waals surface area contributed by atoms with Crippen LogP contribution in [0, 0.1) is 5.82 Å². The van der Waals surface area contributed by atoms with Crippen molar-refractivity contribution in [2.24, 2.45) is 0 Å². The van der Waals surface area contributed by atoms with Crippen molar-refractivity contribution in [1.29, 1.82) is 0 Å². The average Bonchev–Trinajstić information content (AvgIpc) is 2.49. The second-order valence-electron chi connectivity index (χ2n) is 4.58. The standard InChI is InChI=1S/C16H13FO3/c17-13-4-1-11(2-5-13)9-14(18)12-3-6-15-16(10-12)20-8-7-19-15/h1-6,10H,7-9H2. The molecule has 3 rings (SSSR count). The summed E-state index contributed by atoms with van der Waals surface area (Å²) < 4.78 is 23.7. The molecule has 0 bridgehead atoms. The van der Waals surface area contributed by atoms with Crippen molar-refractivity contribution in [3.63, 3.8) is 0 Å². The summed E-state index contributed by atoms with van der Waals surface area (Å²) in [6.45, 7) is 1.01. The van der Waals surface area contributed by atoms with Crippen LogP contribution in [0.15, 0.2) is 42.5 Å². The van der Waals surface area contributed by atoms with Gasteiger partial charge < -0.3 is 9.47 Å². The molecule has 2 aromatic carbocycles. The Bertz CT molecular complexity index is 635. The molecule has 0 atom stereocenters. The lowest BCUT2D eigenvalue weighted by Gasteiger charge is -2.18. The Morgan fingerprint density at radius 1 is 1.00 bits per heavy atom. The molecule has 2 aromatic rings. The molecular formula is C16H13FO3. The van der Waals surface area contributed by atoms with Crippen molar-refractivity contribution in [2.75, 3.05) is 13.2 Å². The predicted octanol–water partition coefficient (Wildman–Crippen LogP) is 3.02. The number of ketones is 1. The number of benzene rings is 2. The van der Waals surface area contributed by atoms with Gasteiger partial charge in [-0.05, 0) is 35.9 Å². The molecule has 1 aliphatic rings. The summed E-state index contributed by atoms with van der Waals surface area (Å²) in [5.41, 5.74) is 1.35. The lowest BCUT2D eigenvalue weighted by Crippen LogP contribution is -2.16. The molecule has 1 heterocycles. The van der Waals surface area contributed by atoms with Crippen LogP contribution in [0.2, 0.25) is 0 Å². The summed E-state index contributed by atoms with van der Waals surface area (Å²) in [4.78, 5) is 12.2. The highest BCUT2D eigenvalue weighted by atomic mass is 19.1. The molecule has 3 nitrogen and oxygen atoms in total. The number of carbonyl (C=O) groups is 1. The van der Waals surface area contributed by atoms with Gasteiger partial charge in [0, 0.05) is 12.0 Å². The third-order valence-corrected chi connectivity index (χ3v) is 3.14. The molecule has 20 heavy (non-hydrogen) atoms. The number of ether oxygens (including phenoxy) is 2. The predicted molar refractivity (Wildman–Crippen MR) is 71.9 cm³/mol. The number of rotatable bonds is 3. The Balaban J connectivity index is 1.78. The molecule has 0 saturated heterocycles. The van der Waals surface area contributed by atoms with Crippen LogP contribution in [0.3, 0.4) is 0 Å². The van der Waals surface area contributed by atoms with Crippen LogP contribution in [0.25, 0.3) is 0 Å². The lowest BCUT2D eigenvalue weighted by molar-refractivity contribution is 0.0991. The van der Waals surface area contributed by atoms with Crippen LogP contribution >= 0.6 is 0 Å². The van der Waals surface area contributed by atoms with Crippen LogP contribution in [-0.4, -0.2) is 19.0 Å². The van der Waals surface area contributed by atoms with E-state index in [1.54, 1.807) is 30.3 Å². The summed E-state index contributed by atoms with van der Waals surface area (Å²) in [6, 6.07) is 11.1. The van der Waals surface area contributed by atoms with Crippen LogP contribution in [0.5, 0.6) is 11.5 Å². The van der Waals surface area contributed by atoms with Gasteiger partial charge in [-0.1, -0.05) is 12.1 Å². The molecule has 0 aromatic heterocycles. The Kier molecular flexibility index (Phi) is 3.37. The number of carbonyl (C=O) groups excluding carboxylic acids is 1. The number of hydrogen-bond acceptors (Lipinski definition) is 3. The van der Waals surface area contributed by atoms with Crippen LogP contribution in [0.1, 0.15) is 15.9 Å². The van der Waals surface area contributed by atoms with Crippen molar-refractivity contribution in [3.8, 4) is 11.5 Å². The molecule has 1 aliphatic heterocycles. The Morgan fingerprint density at radius 2 is 1.70 bits per heavy atom. The molecule has 0 saturated carbocycles. The first-order valence-corrected chi connectivity index (χ1v) is 6.40. The van der Waals surface area contributed by atoms with Gasteiger partial charge in [0.25, 0.3) is 0 Å². The van der Waals surface area contributed by atoms with Crippen molar-refractivity contribution < 1.29 is 18.7 Å². The number of hydrogen-bond donors (Lipinski definition) is 0. The normalized spacial score (nSPS) is 13.1. The van der Waals surface area contributed by atoms with Gasteiger partial charge in [0.2, 0.25) is 0 Å². The third kappa shape index (κ3) is 2.64. The van der Waals surface area contributed by atoms with Crippen LogP contribution in [-0.2, 0) is 6.42 Å². The van der Waals surface area contributed by atoms with E-state index in [1.807, 2.05) is 0 Å². The minimum absolute atomic E-state index is 0.0337. The fourth-order valence-corrected chi connectivity index (χ4v) is 2.11. The van der Waals surface area contributed by atoms with E-state index in [1.165, 1.54) is 12.1 Å². The smallest absolute Gasteiger partial charge is 0.167 e. The summed E-state index contributed by atoms with van der Waals surface area (Å²) >= 11 is 0. The highest BCUT2D eigenvalue weighted by molar-refractivity contribution is 5.98. The average molecular weight is 272 g/mol. The van der Waals surface area contributed by atoms with Crippen molar-refractivity contribution >= 4 is 5.78 Å². The third-order valence-electron chi connectivity index (χ3n) is 3.14. The Hall–Kier alpha value is -2.36. The molecule has 0 radical (unpaired) electrons. The first-order valence-electron chi connectivity index (χ1n) is 6.40. The monoisotopic (exact) mass is 272 g/mol. The number of halogens is 1. The molecule has 0 fully saturated rings. The van der Waals surface area contributed by atoms with Gasteiger partial charge in [0.1, 0.15) is 19.0 Å². The van der Waals surface area contributed by atoms with Gasteiger partial charge in [-0.2, -0.15) is 0 Å². The summed E-state index contributed by atoms with van der Waals surface area (Å²) in [5, 5.41) is 0. The molecule has 0 aliphatic carbocycles. The zero-order chi connectivity index (χ0) is 13.9. The Labute approximate surface area is 115 Å². The van der Waals surface area contributed by atoms with Gasteiger partial charge in [-0.3, -0.25) is 4.79 Å². The van der Waals surface area contributed by atoms with E-state index in [0.29, 0.717) is 30.3 Å². The van der Waals surface area contributed by atoms with E-state index < -0.39 is 0 Å². The minimum atomic E-state index is -0.305. The van der Waals surface area contributed by atoms with Crippen molar-refractivity contribution in [3.05, 3.63) is 59.4 Å². The largest absolute Gasteiger partial charge is 0.486 e. The van der Waals surface area contributed by atoms with Crippen LogP contribution in [0.4, 0.5) is 4.39 Å². The van der Waals surface area contributed by atoms with Gasteiger partial charge in [0.15, 0.2) is 17.3 Å². The molecule has 0 unspecified atom stereocenters. The van der Waals surface area contributed by atoms with Crippen molar-refractivity contribution in [2.45, 2.75) is 6.42 Å². The fourth-order valence-electron chi connectivity index (χ4n) is 2.11. The van der Waals surface area contributed by atoms with Crippen molar-refractivity contribution in [1.82, 2.24) is 0 Å². The molecule has 0 N–H and O–H groups in total. The maximum absolute atomic E-state index is 12.8. The van der Waals surface area contributed by atoms with Gasteiger partial charge in [-0.15, -0.1) is 0 Å². The summed E-state index contributed by atoms with van der Waals surface area (Å²) in [7, 11) is 0. The summed E-state index contributed by atoms with van der Waals surface area (Å²) in [6.07, 6.45) is 0.236. The minimum Gasteiger partial charge on any atom is -0.486 e. The van der Waals surface area contributed by atoms with Crippen LogP contribution < -0.4 is 9.47 Å². The second kappa shape index (κ2) is 5.33. The van der Waals surface area contributed by atoms with Gasteiger partial charge in [0.05, 0.1) is 0 Å². The zero-order valence-corrected chi connectivity index (χ0v) is 10.8. The van der Waals surface area contributed by atoms with Gasteiger partial charge >= 0.3 is 0 Å². The Morgan fingerprint density at radius 3 is 2.45 bits per heavy atom. The summed E-state index contributed by atoms with van der Waals surface area (Å²) in [5.74, 6) is 0.921. The zero-order valence-electron chi connectivity index (χ0n) is 10.8. The lowest BCUT2D eigenvalue weighted by atomic mass is 10.0. The molecule has 0 spiro atoms. The molecule has 0 amide bonds. The second-order valence-corrected chi connectivity index (χ2v) is 4.58. The van der Waals surface area contributed by atoms with E-state index in [2.05, 4.69) is 0 Å². The maximum atomic E-state index is 12.8. The quantitative estimate of drug-likeness (QED) is 0.806. The van der Waals surface area contributed by atoms with E-state index in [9.17, 15) is 9.18 Å². The number of fused-ring (bicyclic) bond motifs is 1. The highest BCUT2D eigenvalue weighted by Gasteiger charge is 2.15. The van der Waals surface area contributed by atoms with E-state index in [4.69, 9.17) is 9.47 Å². The highest BCUT2D eigenvalue weighted by Crippen LogP contribution is 2.31. The molecule has 102 valence electrons. The molecule has 4 heteroatoms. The van der Waals surface area contributed by atoms with E-state index in [0.717, 1.165) is 5.56 Å². The van der Waals surface area contributed by atoms with E-state index in [-0.39, 0.29) is 18.0 Å². The number of Topliss-reactive ketones (excluding diaryl/α,β-unsaturated/α-hetero) is 1. The first kappa shape index (κ1) is 12.7. The van der Waals surface area contributed by atoms with Gasteiger partial charge in [-0.25, -0.2) is 4.39 Å². The topological polar surface area (TPSA) is 35.5 Å². The SMILES string of the molecule is O=C(Cc1ccc(F)cc1)c1ccc2c(c1)OCCO2.